The van der Waals surface area contributed by atoms with E-state index in [1.54, 1.807) is 7.11 Å². The Morgan fingerprint density at radius 1 is 1.38 bits per heavy atom. The number of benzene rings is 1. The van der Waals surface area contributed by atoms with Crippen molar-refractivity contribution in [2.75, 3.05) is 26.7 Å². The van der Waals surface area contributed by atoms with Crippen LogP contribution in [0, 0.1) is 17.3 Å². The first-order valence-electron chi connectivity index (χ1n) is 7.62. The highest BCUT2D eigenvalue weighted by molar-refractivity contribution is 5.45. The predicted molar refractivity (Wildman–Crippen MR) is 87.2 cm³/mol. The first-order valence-corrected chi connectivity index (χ1v) is 7.62. The van der Waals surface area contributed by atoms with Gasteiger partial charge in [-0.2, -0.15) is 0 Å². The Labute approximate surface area is 128 Å². The summed E-state index contributed by atoms with van der Waals surface area (Å²) in [5, 5.41) is 0. The highest BCUT2D eigenvalue weighted by atomic mass is 16.5. The minimum absolute atomic E-state index is 0.391. The molecule has 0 bridgehead atoms. The zero-order valence-electron chi connectivity index (χ0n) is 13.4. The molecule has 0 radical (unpaired) electrons. The lowest BCUT2D eigenvalue weighted by Crippen LogP contribution is -2.39. The Morgan fingerprint density at radius 3 is 2.86 bits per heavy atom. The van der Waals surface area contributed by atoms with E-state index in [-0.39, 0.29) is 0 Å². The molecule has 2 rings (SSSR count). The van der Waals surface area contributed by atoms with E-state index in [2.05, 4.69) is 36.7 Å². The molecule has 114 valence electrons. The van der Waals surface area contributed by atoms with Crippen LogP contribution in [0.15, 0.2) is 18.2 Å². The van der Waals surface area contributed by atoms with E-state index in [1.807, 2.05) is 12.1 Å². The van der Waals surface area contributed by atoms with Crippen molar-refractivity contribution in [1.29, 1.82) is 0 Å². The zero-order chi connectivity index (χ0) is 15.3. The third-order valence-corrected chi connectivity index (χ3v) is 4.01. The minimum Gasteiger partial charge on any atom is -0.497 e. The van der Waals surface area contributed by atoms with Crippen LogP contribution in [-0.4, -0.2) is 31.6 Å². The third kappa shape index (κ3) is 4.49. The van der Waals surface area contributed by atoms with Crippen LogP contribution in [0.3, 0.4) is 0 Å². The van der Waals surface area contributed by atoms with Gasteiger partial charge in [0.1, 0.15) is 5.75 Å². The Hall–Kier alpha value is -1.50. The van der Waals surface area contributed by atoms with Crippen LogP contribution in [0.4, 0.5) is 0 Å². The van der Waals surface area contributed by atoms with Gasteiger partial charge in [-0.25, -0.2) is 0 Å². The molecule has 1 aromatic rings. The van der Waals surface area contributed by atoms with Gasteiger partial charge in [-0.1, -0.05) is 25.7 Å². The lowest BCUT2D eigenvalue weighted by atomic mass is 9.84. The topological polar surface area (TPSA) is 38.5 Å². The summed E-state index contributed by atoms with van der Waals surface area (Å²) in [5.41, 5.74) is 8.19. The van der Waals surface area contributed by atoms with Crippen LogP contribution >= 0.6 is 0 Å². The number of hydrogen-bond acceptors (Lipinski definition) is 3. The molecule has 0 amide bonds. The van der Waals surface area contributed by atoms with Crippen molar-refractivity contribution in [2.45, 2.75) is 33.2 Å². The molecule has 1 saturated heterocycles. The molecule has 0 aromatic heterocycles. The maximum atomic E-state index is 5.49. The van der Waals surface area contributed by atoms with Gasteiger partial charge in [0.2, 0.25) is 0 Å². The summed E-state index contributed by atoms with van der Waals surface area (Å²) in [6.45, 7) is 8.30. The number of hydrogen-bond donors (Lipinski definition) is 1. The SMILES string of the molecule is COc1ccc(C#CCN)c(CN2CCCC(C)(C)C2)c1. The van der Waals surface area contributed by atoms with Crippen molar-refractivity contribution in [1.82, 2.24) is 4.90 Å². The lowest BCUT2D eigenvalue weighted by Gasteiger charge is -2.38. The van der Waals surface area contributed by atoms with Crippen LogP contribution in [0.2, 0.25) is 0 Å². The van der Waals surface area contributed by atoms with Gasteiger partial charge in [-0.05, 0) is 48.6 Å². The molecular weight excluding hydrogens is 260 g/mol. The molecule has 3 nitrogen and oxygen atoms in total. The van der Waals surface area contributed by atoms with E-state index < -0.39 is 0 Å². The standard InChI is InChI=1S/C18H26N2O/c1-18(2)9-5-11-20(14-18)13-16-12-17(21-3)8-7-15(16)6-4-10-19/h7-8,12H,5,9-11,13-14,19H2,1-3H3. The molecule has 1 aliphatic rings. The highest BCUT2D eigenvalue weighted by Gasteiger charge is 2.26. The van der Waals surface area contributed by atoms with E-state index in [9.17, 15) is 0 Å². The number of nitrogens with zero attached hydrogens (tertiary/aromatic N) is 1. The van der Waals surface area contributed by atoms with Crippen LogP contribution in [0.5, 0.6) is 5.75 Å². The summed E-state index contributed by atoms with van der Waals surface area (Å²) in [5.74, 6) is 7.02. The second-order valence-corrected chi connectivity index (χ2v) is 6.51. The minimum atomic E-state index is 0.391. The fourth-order valence-electron chi connectivity index (χ4n) is 3.02. The number of rotatable bonds is 3. The summed E-state index contributed by atoms with van der Waals surface area (Å²) in [6, 6.07) is 6.10. The summed E-state index contributed by atoms with van der Waals surface area (Å²) in [6.07, 6.45) is 2.57. The number of piperidine rings is 1. The molecule has 1 aliphatic heterocycles. The molecule has 2 N–H and O–H groups in total. The summed E-state index contributed by atoms with van der Waals surface area (Å²) in [4.78, 5) is 2.52. The van der Waals surface area contributed by atoms with E-state index in [0.717, 1.165) is 30.9 Å². The van der Waals surface area contributed by atoms with E-state index >= 15 is 0 Å². The molecule has 0 aliphatic carbocycles. The van der Waals surface area contributed by atoms with Crippen molar-refractivity contribution in [3.63, 3.8) is 0 Å². The fraction of sp³-hybridized carbons (Fsp3) is 0.556. The maximum Gasteiger partial charge on any atom is 0.119 e. The molecule has 0 saturated carbocycles. The zero-order valence-corrected chi connectivity index (χ0v) is 13.4. The molecule has 1 heterocycles. The van der Waals surface area contributed by atoms with Crippen molar-refractivity contribution in [3.8, 4) is 17.6 Å². The first-order chi connectivity index (χ1) is 10.0. The van der Waals surface area contributed by atoms with Crippen molar-refractivity contribution in [3.05, 3.63) is 29.3 Å². The van der Waals surface area contributed by atoms with Gasteiger partial charge in [-0.15, -0.1) is 0 Å². The van der Waals surface area contributed by atoms with Gasteiger partial charge < -0.3 is 10.5 Å². The highest BCUT2D eigenvalue weighted by Crippen LogP contribution is 2.30. The average molecular weight is 286 g/mol. The Morgan fingerprint density at radius 2 is 2.19 bits per heavy atom. The number of nitrogens with two attached hydrogens (primary N) is 1. The first kappa shape index (κ1) is 15.9. The normalized spacial score (nSPS) is 17.9. The largest absolute Gasteiger partial charge is 0.497 e. The predicted octanol–water partition coefficient (Wildman–Crippen LogP) is 2.63. The average Bonchev–Trinajstić information content (AvgIpc) is 2.45. The Bertz CT molecular complexity index is 540. The molecule has 0 spiro atoms. The van der Waals surface area contributed by atoms with E-state index in [0.29, 0.717) is 12.0 Å². The van der Waals surface area contributed by atoms with Gasteiger partial charge in [-0.3, -0.25) is 4.90 Å². The van der Waals surface area contributed by atoms with Gasteiger partial charge >= 0.3 is 0 Å². The maximum absolute atomic E-state index is 5.49. The van der Waals surface area contributed by atoms with Crippen LogP contribution < -0.4 is 10.5 Å². The van der Waals surface area contributed by atoms with Gasteiger partial charge in [0, 0.05) is 18.7 Å². The van der Waals surface area contributed by atoms with Gasteiger partial charge in [0.25, 0.3) is 0 Å². The quantitative estimate of drug-likeness (QED) is 0.868. The third-order valence-electron chi connectivity index (χ3n) is 4.01. The lowest BCUT2D eigenvalue weighted by molar-refractivity contribution is 0.111. The fourth-order valence-corrected chi connectivity index (χ4v) is 3.02. The van der Waals surface area contributed by atoms with E-state index in [4.69, 9.17) is 10.5 Å². The van der Waals surface area contributed by atoms with Crippen LogP contribution in [0.25, 0.3) is 0 Å². The number of likely N-dealkylation sites (tertiary alicyclic amines) is 1. The molecule has 3 heteroatoms. The summed E-state index contributed by atoms with van der Waals surface area (Å²) < 4.78 is 5.35. The Balaban J connectivity index is 2.20. The van der Waals surface area contributed by atoms with Gasteiger partial charge in [0.15, 0.2) is 0 Å². The van der Waals surface area contributed by atoms with E-state index in [1.165, 1.54) is 18.4 Å². The molecular formula is C18H26N2O. The summed E-state index contributed by atoms with van der Waals surface area (Å²) >= 11 is 0. The van der Waals surface area contributed by atoms with Crippen LogP contribution in [0.1, 0.15) is 37.8 Å². The van der Waals surface area contributed by atoms with Gasteiger partial charge in [0.05, 0.1) is 13.7 Å². The van der Waals surface area contributed by atoms with Crippen molar-refractivity contribution < 1.29 is 4.74 Å². The summed E-state index contributed by atoms with van der Waals surface area (Å²) in [7, 11) is 1.70. The smallest absolute Gasteiger partial charge is 0.119 e. The molecule has 1 fully saturated rings. The Kier molecular flexibility index (Phi) is 5.27. The second-order valence-electron chi connectivity index (χ2n) is 6.51. The van der Waals surface area contributed by atoms with Crippen LogP contribution in [-0.2, 0) is 6.54 Å². The van der Waals surface area contributed by atoms with Crippen molar-refractivity contribution in [2.24, 2.45) is 11.1 Å². The number of methoxy groups -OCH3 is 1. The second kappa shape index (κ2) is 6.98. The molecule has 21 heavy (non-hydrogen) atoms. The monoisotopic (exact) mass is 286 g/mol. The van der Waals surface area contributed by atoms with Crippen molar-refractivity contribution >= 4 is 0 Å². The number of ether oxygens (including phenoxy) is 1. The molecule has 0 atom stereocenters. The molecule has 1 aromatic carbocycles. The molecule has 0 unspecified atom stereocenters.